The Morgan fingerprint density at radius 3 is 2.26 bits per heavy atom. The van der Waals surface area contributed by atoms with Crippen molar-refractivity contribution in [1.82, 2.24) is 19.5 Å². The number of carbonyl (C=O) groups excluding carboxylic acids is 2. The standard InChI is InChI=1S/C33H43F3N6O4/c1-20-14-22(33(34,35)36)16-24(15-20)41(30(44)46-32(5,6)7)27-17-26(39-28-25(18-37-42(27)28)21-10-8-11-21)38-23-12-9-13-40(19-23)29(43)45-31(2,3)4/h14-18,21,23H,8-13,19H2,1-7H3,(H,38,39)/t23-/m0/s1. The van der Waals surface area contributed by atoms with Gasteiger partial charge in [0.15, 0.2) is 5.65 Å². The number of nitrogens with zero attached hydrogens (tertiary/aromatic N) is 5. The van der Waals surface area contributed by atoms with Crippen LogP contribution < -0.4 is 10.2 Å². The van der Waals surface area contributed by atoms with Crippen LogP contribution in [0, 0.1) is 6.92 Å². The Balaban J connectivity index is 1.61. The molecule has 1 saturated carbocycles. The molecule has 2 aromatic heterocycles. The van der Waals surface area contributed by atoms with Gasteiger partial charge in [-0.3, -0.25) is 0 Å². The van der Waals surface area contributed by atoms with E-state index in [9.17, 15) is 22.8 Å². The summed E-state index contributed by atoms with van der Waals surface area (Å²) in [5.41, 5.74) is -0.753. The summed E-state index contributed by atoms with van der Waals surface area (Å²) in [6, 6.07) is 4.89. The van der Waals surface area contributed by atoms with E-state index in [4.69, 9.17) is 14.5 Å². The molecule has 3 heterocycles. The summed E-state index contributed by atoms with van der Waals surface area (Å²) >= 11 is 0. The molecular formula is C33H43F3N6O4. The maximum absolute atomic E-state index is 14.0. The molecule has 1 aliphatic heterocycles. The molecule has 1 atom stereocenters. The topological polar surface area (TPSA) is 101 Å². The van der Waals surface area contributed by atoms with Crippen molar-refractivity contribution < 1.29 is 32.2 Å². The number of fused-ring (bicyclic) bond motifs is 1. The SMILES string of the molecule is Cc1cc(N(C(=O)OC(C)(C)C)c2cc(N[C@H]3CCCN(C(=O)OC(C)(C)C)C3)nc3c(C4CCC4)cnn23)cc(C(F)(F)F)c1. The zero-order valence-electron chi connectivity index (χ0n) is 27.5. The number of piperidine rings is 1. The van der Waals surface area contributed by atoms with E-state index in [2.05, 4.69) is 10.4 Å². The molecule has 0 unspecified atom stereocenters. The number of aryl methyl sites for hydroxylation is 1. The van der Waals surface area contributed by atoms with Crippen LogP contribution in [0.1, 0.15) is 96.3 Å². The van der Waals surface area contributed by atoms with Crippen LogP contribution in [0.2, 0.25) is 0 Å². The zero-order chi connectivity index (χ0) is 33.6. The Bertz CT molecular complexity index is 1600. The van der Waals surface area contributed by atoms with Crippen LogP contribution in [-0.4, -0.2) is 62.0 Å². The number of rotatable bonds is 5. The number of hydrogen-bond donors (Lipinski definition) is 1. The van der Waals surface area contributed by atoms with E-state index < -0.39 is 35.1 Å². The van der Waals surface area contributed by atoms with Crippen LogP contribution in [0.15, 0.2) is 30.5 Å². The molecule has 1 N–H and O–H groups in total. The third kappa shape index (κ3) is 7.67. The smallest absolute Gasteiger partial charge is 0.420 e. The van der Waals surface area contributed by atoms with Crippen molar-refractivity contribution in [3.8, 4) is 0 Å². The molecule has 0 radical (unpaired) electrons. The first-order valence-electron chi connectivity index (χ1n) is 15.7. The molecule has 0 bridgehead atoms. The summed E-state index contributed by atoms with van der Waals surface area (Å²) in [6.45, 7) is 13.0. The van der Waals surface area contributed by atoms with Crippen LogP contribution in [0.5, 0.6) is 0 Å². The molecule has 2 amide bonds. The average molecular weight is 645 g/mol. The van der Waals surface area contributed by atoms with Gasteiger partial charge in [0.2, 0.25) is 0 Å². The molecule has 1 saturated heterocycles. The maximum Gasteiger partial charge on any atom is 0.420 e. The van der Waals surface area contributed by atoms with Crippen molar-refractivity contribution in [3.63, 3.8) is 0 Å². The molecule has 0 spiro atoms. The second-order valence-electron chi connectivity index (χ2n) is 14.2. The first-order valence-corrected chi connectivity index (χ1v) is 15.7. The number of alkyl halides is 3. The third-order valence-electron chi connectivity index (χ3n) is 7.90. The number of halogens is 3. The minimum absolute atomic E-state index is 0.0190. The third-order valence-corrected chi connectivity index (χ3v) is 7.90. The summed E-state index contributed by atoms with van der Waals surface area (Å²) in [5, 5.41) is 8.02. The highest BCUT2D eigenvalue weighted by atomic mass is 19.4. The average Bonchev–Trinajstić information content (AvgIpc) is 3.28. The van der Waals surface area contributed by atoms with Gasteiger partial charge < -0.3 is 19.7 Å². The molecule has 250 valence electrons. The fourth-order valence-corrected chi connectivity index (χ4v) is 5.70. The quantitative estimate of drug-likeness (QED) is 0.299. The number of hydrogen-bond acceptors (Lipinski definition) is 7. The number of ether oxygens (including phenoxy) is 2. The minimum atomic E-state index is -4.63. The van der Waals surface area contributed by atoms with E-state index in [1.165, 1.54) is 10.6 Å². The van der Waals surface area contributed by atoms with E-state index in [0.29, 0.717) is 30.1 Å². The lowest BCUT2D eigenvalue weighted by Gasteiger charge is -2.35. The lowest BCUT2D eigenvalue weighted by Crippen LogP contribution is -2.47. The monoisotopic (exact) mass is 644 g/mol. The van der Waals surface area contributed by atoms with Gasteiger partial charge in [0, 0.05) is 30.8 Å². The van der Waals surface area contributed by atoms with E-state index in [0.717, 1.165) is 54.7 Å². The number of carbonyl (C=O) groups is 2. The summed E-state index contributed by atoms with van der Waals surface area (Å²) < 4.78 is 54.7. The summed E-state index contributed by atoms with van der Waals surface area (Å²) in [7, 11) is 0. The molecule has 1 aromatic carbocycles. The number of anilines is 3. The highest BCUT2D eigenvalue weighted by Crippen LogP contribution is 2.41. The molecule has 1 aliphatic carbocycles. The molecule has 5 rings (SSSR count). The van der Waals surface area contributed by atoms with Crippen molar-refractivity contribution in [2.45, 2.75) is 110 Å². The summed E-state index contributed by atoms with van der Waals surface area (Å²) in [6.07, 6.45) is 0.306. The summed E-state index contributed by atoms with van der Waals surface area (Å²) in [4.78, 5) is 34.4. The van der Waals surface area contributed by atoms with Gasteiger partial charge in [0.05, 0.1) is 17.4 Å². The van der Waals surface area contributed by atoms with Gasteiger partial charge in [-0.05, 0) is 104 Å². The van der Waals surface area contributed by atoms with E-state index in [1.54, 1.807) is 44.9 Å². The Kier molecular flexibility index (Phi) is 8.91. The van der Waals surface area contributed by atoms with E-state index in [-0.39, 0.29) is 23.5 Å². The van der Waals surface area contributed by atoms with Gasteiger partial charge in [-0.2, -0.15) is 22.8 Å². The highest BCUT2D eigenvalue weighted by molar-refractivity contribution is 5.96. The first kappa shape index (κ1) is 33.3. The van der Waals surface area contributed by atoms with Gasteiger partial charge in [0.25, 0.3) is 0 Å². The van der Waals surface area contributed by atoms with Gasteiger partial charge in [-0.15, -0.1) is 0 Å². The van der Waals surface area contributed by atoms with Crippen LogP contribution >= 0.6 is 0 Å². The first-order chi connectivity index (χ1) is 21.4. The zero-order valence-corrected chi connectivity index (χ0v) is 27.5. The predicted octanol–water partition coefficient (Wildman–Crippen LogP) is 8.21. The molecule has 2 fully saturated rings. The number of nitrogens with one attached hydrogen (secondary N) is 1. The molecule has 10 nitrogen and oxygen atoms in total. The molecule has 2 aliphatic rings. The number of amides is 2. The van der Waals surface area contributed by atoms with Crippen molar-refractivity contribution >= 4 is 35.2 Å². The number of aromatic nitrogens is 3. The van der Waals surface area contributed by atoms with Crippen molar-refractivity contribution in [2.24, 2.45) is 0 Å². The lowest BCUT2D eigenvalue weighted by molar-refractivity contribution is -0.137. The van der Waals surface area contributed by atoms with Gasteiger partial charge in [-0.1, -0.05) is 6.42 Å². The maximum atomic E-state index is 14.0. The van der Waals surface area contributed by atoms with Gasteiger partial charge in [0.1, 0.15) is 22.8 Å². The fraction of sp³-hybridized carbons (Fsp3) is 0.576. The molecule has 3 aromatic rings. The van der Waals surface area contributed by atoms with Crippen molar-refractivity contribution in [3.05, 3.63) is 47.2 Å². The summed E-state index contributed by atoms with van der Waals surface area (Å²) in [5.74, 6) is 0.805. The Morgan fingerprint density at radius 2 is 1.65 bits per heavy atom. The predicted molar refractivity (Wildman–Crippen MR) is 169 cm³/mol. The van der Waals surface area contributed by atoms with Crippen LogP contribution in [-0.2, 0) is 15.7 Å². The largest absolute Gasteiger partial charge is 0.444 e. The van der Waals surface area contributed by atoms with E-state index >= 15 is 0 Å². The molecule has 13 heteroatoms. The van der Waals surface area contributed by atoms with Crippen molar-refractivity contribution in [2.75, 3.05) is 23.3 Å². The van der Waals surface area contributed by atoms with Crippen LogP contribution in [0.3, 0.4) is 0 Å². The number of benzene rings is 1. The Hall–Kier alpha value is -4.03. The van der Waals surface area contributed by atoms with E-state index in [1.807, 2.05) is 20.8 Å². The fourth-order valence-electron chi connectivity index (χ4n) is 5.70. The normalized spacial score (nSPS) is 17.9. The Morgan fingerprint density at radius 1 is 0.957 bits per heavy atom. The molecular weight excluding hydrogens is 601 g/mol. The van der Waals surface area contributed by atoms with Gasteiger partial charge in [-0.25, -0.2) is 19.5 Å². The minimum Gasteiger partial charge on any atom is -0.444 e. The Labute approximate surface area is 267 Å². The van der Waals surface area contributed by atoms with Crippen LogP contribution in [0.25, 0.3) is 5.65 Å². The highest BCUT2D eigenvalue weighted by Gasteiger charge is 2.35. The second kappa shape index (κ2) is 12.3. The lowest BCUT2D eigenvalue weighted by atomic mass is 9.81. The second-order valence-corrected chi connectivity index (χ2v) is 14.2. The van der Waals surface area contributed by atoms with Crippen molar-refractivity contribution in [1.29, 1.82) is 0 Å². The number of likely N-dealkylation sites (tertiary alicyclic amines) is 1. The van der Waals surface area contributed by atoms with Crippen LogP contribution in [0.4, 0.5) is 40.1 Å². The molecule has 46 heavy (non-hydrogen) atoms. The van der Waals surface area contributed by atoms with Gasteiger partial charge >= 0.3 is 18.4 Å².